The third-order valence-corrected chi connectivity index (χ3v) is 3.96. The maximum Gasteiger partial charge on any atom is 0.273 e. The number of nitrogens with one attached hydrogen (secondary N) is 2. The molecule has 5 heteroatoms. The minimum absolute atomic E-state index is 0.0912. The predicted octanol–water partition coefficient (Wildman–Crippen LogP) is 2.81. The Morgan fingerprint density at radius 2 is 2.26 bits per heavy atom. The van der Waals surface area contributed by atoms with Crippen molar-refractivity contribution in [3.05, 3.63) is 35.3 Å². The Hall–Kier alpha value is -2.04. The maximum atomic E-state index is 12.3. The summed E-state index contributed by atoms with van der Waals surface area (Å²) in [7, 11) is 0. The minimum Gasteiger partial charge on any atom is -0.340 e. The highest BCUT2D eigenvalue weighted by Crippen LogP contribution is 2.32. The van der Waals surface area contributed by atoms with E-state index in [-0.39, 0.29) is 5.91 Å². The van der Waals surface area contributed by atoms with Crippen LogP contribution in [0.15, 0.2) is 18.3 Å². The van der Waals surface area contributed by atoms with Gasteiger partial charge >= 0.3 is 0 Å². The summed E-state index contributed by atoms with van der Waals surface area (Å²) >= 11 is 0. The molecular weight excluding hydrogens is 240 g/mol. The van der Waals surface area contributed by atoms with Crippen molar-refractivity contribution in [3.8, 4) is 0 Å². The normalized spacial score (nSPS) is 15.3. The molecule has 2 N–H and O–H groups in total. The second-order valence-electron chi connectivity index (χ2n) is 5.16. The van der Waals surface area contributed by atoms with Crippen molar-refractivity contribution in [2.75, 3.05) is 5.32 Å². The summed E-state index contributed by atoms with van der Waals surface area (Å²) in [6.07, 6.45) is 5.56. The number of rotatable bonds is 3. The summed E-state index contributed by atoms with van der Waals surface area (Å²) in [5.74, 6) is 0.523. The van der Waals surface area contributed by atoms with Gasteiger partial charge in [-0.15, -0.1) is 0 Å². The van der Waals surface area contributed by atoms with Crippen LogP contribution in [0.1, 0.15) is 47.1 Å². The molecule has 1 aliphatic carbocycles. The van der Waals surface area contributed by atoms with Crippen LogP contribution in [0.4, 0.5) is 5.82 Å². The number of hydrogen-bond donors (Lipinski definition) is 2. The van der Waals surface area contributed by atoms with E-state index in [0.29, 0.717) is 17.6 Å². The van der Waals surface area contributed by atoms with E-state index in [9.17, 15) is 4.79 Å². The lowest BCUT2D eigenvalue weighted by Gasteiger charge is -2.28. The van der Waals surface area contributed by atoms with Gasteiger partial charge in [0.2, 0.25) is 0 Å². The summed E-state index contributed by atoms with van der Waals surface area (Å²) in [5.41, 5.74) is 2.67. The van der Waals surface area contributed by atoms with Gasteiger partial charge in [0.05, 0.1) is 0 Å². The number of carbonyl (C=O) groups is 1. The van der Waals surface area contributed by atoms with Crippen molar-refractivity contribution in [2.24, 2.45) is 0 Å². The Labute approximate surface area is 112 Å². The topological polar surface area (TPSA) is 62.7 Å². The molecule has 0 aromatic carbocycles. The first-order chi connectivity index (χ1) is 9.16. The van der Waals surface area contributed by atoms with Crippen LogP contribution < -0.4 is 5.32 Å². The number of amides is 1. The summed E-state index contributed by atoms with van der Waals surface area (Å²) in [6.45, 7) is 3.88. The number of H-pyrrole nitrogens is 1. The first-order valence-corrected chi connectivity index (χ1v) is 6.66. The molecule has 2 aromatic rings. The predicted molar refractivity (Wildman–Crippen MR) is 73.3 cm³/mol. The lowest BCUT2D eigenvalue weighted by Crippen LogP contribution is -2.23. The molecule has 2 aromatic heterocycles. The van der Waals surface area contributed by atoms with E-state index in [1.165, 1.54) is 6.42 Å². The fourth-order valence-electron chi connectivity index (χ4n) is 2.35. The number of aromatic amines is 1. The zero-order chi connectivity index (χ0) is 13.4. The molecule has 0 aliphatic heterocycles. The van der Waals surface area contributed by atoms with Crippen LogP contribution in [-0.4, -0.2) is 20.7 Å². The number of aryl methyl sites for hydroxylation is 1. The molecule has 0 bridgehead atoms. The number of carbonyl (C=O) groups excluding carboxylic acids is 1. The number of anilines is 1. The molecule has 100 valence electrons. The first-order valence-electron chi connectivity index (χ1n) is 6.66. The van der Waals surface area contributed by atoms with E-state index in [2.05, 4.69) is 20.1 Å². The summed E-state index contributed by atoms with van der Waals surface area (Å²) in [4.78, 5) is 12.3. The summed E-state index contributed by atoms with van der Waals surface area (Å²) in [6, 6.07) is 4.27. The third kappa shape index (κ3) is 2.05. The Balaban J connectivity index is 1.80. The molecule has 0 radical (unpaired) electrons. The van der Waals surface area contributed by atoms with Crippen LogP contribution in [0.3, 0.4) is 0 Å². The van der Waals surface area contributed by atoms with Crippen molar-refractivity contribution in [1.82, 2.24) is 14.8 Å². The first kappa shape index (κ1) is 12.0. The van der Waals surface area contributed by atoms with Crippen molar-refractivity contribution in [2.45, 2.75) is 39.2 Å². The number of aromatic nitrogens is 3. The van der Waals surface area contributed by atoms with Gasteiger partial charge in [0.1, 0.15) is 5.69 Å². The molecule has 19 heavy (non-hydrogen) atoms. The molecule has 1 saturated carbocycles. The van der Waals surface area contributed by atoms with Crippen LogP contribution >= 0.6 is 0 Å². The standard InChI is InChI=1S/C14H18N4O/c1-9-10(2)16-17-13(9)15-14(19)12-7-4-8-18(12)11-5-3-6-11/h4,7-8,11H,3,5-6H2,1-2H3,(H2,15,16,17,19). The monoisotopic (exact) mass is 258 g/mol. The van der Waals surface area contributed by atoms with Gasteiger partial charge in [0.15, 0.2) is 5.82 Å². The van der Waals surface area contributed by atoms with Crippen molar-refractivity contribution >= 4 is 11.7 Å². The van der Waals surface area contributed by atoms with E-state index in [0.717, 1.165) is 24.1 Å². The lowest BCUT2D eigenvalue weighted by molar-refractivity contribution is 0.101. The summed E-state index contributed by atoms with van der Waals surface area (Å²) < 4.78 is 2.08. The highest BCUT2D eigenvalue weighted by molar-refractivity contribution is 6.03. The summed E-state index contributed by atoms with van der Waals surface area (Å²) in [5, 5.41) is 9.86. The van der Waals surface area contributed by atoms with Gasteiger partial charge in [0, 0.05) is 23.5 Å². The SMILES string of the molecule is Cc1[nH]nc(NC(=O)c2cccn2C2CCC2)c1C. The molecule has 5 nitrogen and oxygen atoms in total. The highest BCUT2D eigenvalue weighted by Gasteiger charge is 2.23. The molecule has 0 saturated heterocycles. The van der Waals surface area contributed by atoms with Crippen LogP contribution in [0.2, 0.25) is 0 Å². The van der Waals surface area contributed by atoms with Gasteiger partial charge in [-0.05, 0) is 45.2 Å². The Morgan fingerprint density at radius 3 is 2.84 bits per heavy atom. The fraction of sp³-hybridized carbons (Fsp3) is 0.429. The molecule has 0 atom stereocenters. The zero-order valence-electron chi connectivity index (χ0n) is 11.2. The quantitative estimate of drug-likeness (QED) is 0.889. The van der Waals surface area contributed by atoms with Gasteiger partial charge < -0.3 is 9.88 Å². The molecule has 3 rings (SSSR count). The van der Waals surface area contributed by atoms with Gasteiger partial charge in [-0.1, -0.05) is 0 Å². The van der Waals surface area contributed by atoms with Crippen LogP contribution in [0.5, 0.6) is 0 Å². The Morgan fingerprint density at radius 1 is 1.47 bits per heavy atom. The van der Waals surface area contributed by atoms with E-state index < -0.39 is 0 Å². The Kier molecular flexibility index (Phi) is 2.89. The average Bonchev–Trinajstić information content (AvgIpc) is 2.89. The van der Waals surface area contributed by atoms with Crippen LogP contribution in [0, 0.1) is 13.8 Å². The van der Waals surface area contributed by atoms with Crippen LogP contribution in [-0.2, 0) is 0 Å². The van der Waals surface area contributed by atoms with Gasteiger partial charge in [-0.3, -0.25) is 9.89 Å². The van der Waals surface area contributed by atoms with Gasteiger partial charge in [0.25, 0.3) is 5.91 Å². The second-order valence-corrected chi connectivity index (χ2v) is 5.16. The number of nitrogens with zero attached hydrogens (tertiary/aromatic N) is 2. The Bertz CT molecular complexity index is 607. The van der Waals surface area contributed by atoms with Crippen molar-refractivity contribution in [3.63, 3.8) is 0 Å². The third-order valence-electron chi connectivity index (χ3n) is 3.96. The highest BCUT2D eigenvalue weighted by atomic mass is 16.2. The molecular formula is C14H18N4O. The van der Waals surface area contributed by atoms with Crippen molar-refractivity contribution in [1.29, 1.82) is 0 Å². The van der Waals surface area contributed by atoms with E-state index >= 15 is 0 Å². The molecule has 1 amide bonds. The molecule has 2 heterocycles. The van der Waals surface area contributed by atoms with E-state index in [1.54, 1.807) is 0 Å². The number of hydrogen-bond acceptors (Lipinski definition) is 2. The van der Waals surface area contributed by atoms with E-state index in [1.807, 2.05) is 32.2 Å². The molecule has 1 aliphatic rings. The second kappa shape index (κ2) is 4.57. The minimum atomic E-state index is -0.0912. The average molecular weight is 258 g/mol. The zero-order valence-corrected chi connectivity index (χ0v) is 11.2. The molecule has 0 unspecified atom stereocenters. The van der Waals surface area contributed by atoms with E-state index in [4.69, 9.17) is 0 Å². The fourth-order valence-corrected chi connectivity index (χ4v) is 2.35. The lowest BCUT2D eigenvalue weighted by atomic mass is 9.93. The largest absolute Gasteiger partial charge is 0.340 e. The van der Waals surface area contributed by atoms with Crippen molar-refractivity contribution < 1.29 is 4.79 Å². The van der Waals surface area contributed by atoms with Gasteiger partial charge in [-0.25, -0.2) is 0 Å². The van der Waals surface area contributed by atoms with Crippen LogP contribution in [0.25, 0.3) is 0 Å². The molecule has 0 spiro atoms. The maximum absolute atomic E-state index is 12.3. The molecule has 1 fully saturated rings. The smallest absolute Gasteiger partial charge is 0.273 e. The van der Waals surface area contributed by atoms with Gasteiger partial charge in [-0.2, -0.15) is 5.10 Å².